The first-order chi connectivity index (χ1) is 9.85. The van der Waals surface area contributed by atoms with Gasteiger partial charge in [0.15, 0.2) is 0 Å². The Kier molecular flexibility index (Phi) is 4.86. The number of nitrogens with one attached hydrogen (secondary N) is 1. The summed E-state index contributed by atoms with van der Waals surface area (Å²) in [5, 5.41) is 2.83. The summed E-state index contributed by atoms with van der Waals surface area (Å²) < 4.78 is 11.2. The van der Waals surface area contributed by atoms with Gasteiger partial charge in [0.2, 0.25) is 5.91 Å². The fourth-order valence-corrected chi connectivity index (χ4v) is 1.99. The molecule has 21 heavy (non-hydrogen) atoms. The van der Waals surface area contributed by atoms with E-state index in [1.165, 1.54) is 0 Å². The molecule has 0 radical (unpaired) electrons. The molecule has 1 aromatic carbocycles. The van der Waals surface area contributed by atoms with Gasteiger partial charge in [-0.05, 0) is 19.1 Å². The molecule has 0 aromatic heterocycles. The SMILES string of the molecule is C=C(CB1OCC(C)(C)CO1)C(=O)Nc1ccc(C)cc1. The number of benzene rings is 1. The summed E-state index contributed by atoms with van der Waals surface area (Å²) >= 11 is 0. The van der Waals surface area contributed by atoms with E-state index < -0.39 is 0 Å². The van der Waals surface area contributed by atoms with E-state index in [1.807, 2.05) is 31.2 Å². The summed E-state index contributed by atoms with van der Waals surface area (Å²) in [5.41, 5.74) is 2.40. The second kappa shape index (κ2) is 6.45. The van der Waals surface area contributed by atoms with Crippen LogP contribution in [0.3, 0.4) is 0 Å². The van der Waals surface area contributed by atoms with Crippen molar-refractivity contribution in [2.75, 3.05) is 18.5 Å². The average Bonchev–Trinajstić information content (AvgIpc) is 2.43. The number of amides is 1. The van der Waals surface area contributed by atoms with Crippen LogP contribution in [0, 0.1) is 12.3 Å². The zero-order valence-electron chi connectivity index (χ0n) is 12.9. The monoisotopic (exact) mass is 287 g/mol. The quantitative estimate of drug-likeness (QED) is 0.684. The molecule has 0 saturated carbocycles. The molecule has 1 aromatic rings. The molecule has 0 unspecified atom stereocenters. The molecule has 2 rings (SSSR count). The van der Waals surface area contributed by atoms with Gasteiger partial charge in [-0.2, -0.15) is 0 Å². The van der Waals surface area contributed by atoms with E-state index in [4.69, 9.17) is 9.31 Å². The molecule has 0 atom stereocenters. The molecule has 0 aliphatic carbocycles. The van der Waals surface area contributed by atoms with Crippen molar-refractivity contribution in [2.24, 2.45) is 5.41 Å². The Morgan fingerprint density at radius 2 is 1.86 bits per heavy atom. The van der Waals surface area contributed by atoms with Crippen LogP contribution in [0.25, 0.3) is 0 Å². The van der Waals surface area contributed by atoms with Crippen LogP contribution in [0.2, 0.25) is 6.32 Å². The highest BCUT2D eigenvalue weighted by molar-refractivity contribution is 6.46. The van der Waals surface area contributed by atoms with Crippen LogP contribution in [0.1, 0.15) is 19.4 Å². The van der Waals surface area contributed by atoms with Crippen molar-refractivity contribution in [1.82, 2.24) is 0 Å². The second-order valence-electron chi connectivity index (χ2n) is 6.34. The largest absolute Gasteiger partial charge is 0.461 e. The van der Waals surface area contributed by atoms with Crippen molar-refractivity contribution >= 4 is 18.7 Å². The molecule has 5 heteroatoms. The first kappa shape index (κ1) is 15.8. The van der Waals surface area contributed by atoms with Crippen molar-refractivity contribution in [3.63, 3.8) is 0 Å². The van der Waals surface area contributed by atoms with Gasteiger partial charge in [-0.25, -0.2) is 0 Å². The highest BCUT2D eigenvalue weighted by atomic mass is 16.6. The predicted molar refractivity (Wildman–Crippen MR) is 85.2 cm³/mol. The second-order valence-corrected chi connectivity index (χ2v) is 6.34. The van der Waals surface area contributed by atoms with Gasteiger partial charge < -0.3 is 14.6 Å². The lowest BCUT2D eigenvalue weighted by Gasteiger charge is -2.33. The summed E-state index contributed by atoms with van der Waals surface area (Å²) in [5.74, 6) is -0.198. The Hall–Kier alpha value is -1.59. The summed E-state index contributed by atoms with van der Waals surface area (Å²) in [6.45, 7) is 11.3. The number of rotatable bonds is 4. The maximum Gasteiger partial charge on any atom is 0.461 e. The van der Waals surface area contributed by atoms with E-state index in [2.05, 4.69) is 25.7 Å². The smallest absolute Gasteiger partial charge is 0.410 e. The Labute approximate surface area is 126 Å². The molecule has 1 aliphatic heterocycles. The molecule has 0 bridgehead atoms. The Morgan fingerprint density at radius 3 is 2.43 bits per heavy atom. The van der Waals surface area contributed by atoms with Crippen LogP contribution in [0.15, 0.2) is 36.4 Å². The van der Waals surface area contributed by atoms with Crippen LogP contribution in [-0.2, 0) is 14.1 Å². The summed E-state index contributed by atoms with van der Waals surface area (Å²) in [6, 6.07) is 7.65. The van der Waals surface area contributed by atoms with Gasteiger partial charge in [0.1, 0.15) is 0 Å². The Bertz CT molecular complexity index is 515. The van der Waals surface area contributed by atoms with Crippen LogP contribution >= 0.6 is 0 Å². The zero-order valence-corrected chi connectivity index (χ0v) is 12.9. The van der Waals surface area contributed by atoms with Gasteiger partial charge in [0, 0.05) is 36.2 Å². The lowest BCUT2D eigenvalue weighted by atomic mass is 9.77. The molecule has 0 spiro atoms. The third-order valence-electron chi connectivity index (χ3n) is 3.36. The van der Waals surface area contributed by atoms with Gasteiger partial charge >= 0.3 is 7.12 Å². The fourth-order valence-electron chi connectivity index (χ4n) is 1.99. The minimum absolute atomic E-state index is 0.0298. The van der Waals surface area contributed by atoms with Gasteiger partial charge in [0.05, 0.1) is 0 Å². The first-order valence-electron chi connectivity index (χ1n) is 7.15. The maximum absolute atomic E-state index is 12.1. The van der Waals surface area contributed by atoms with Crippen LogP contribution in [0.4, 0.5) is 5.69 Å². The fraction of sp³-hybridized carbons (Fsp3) is 0.438. The van der Waals surface area contributed by atoms with E-state index in [0.717, 1.165) is 11.3 Å². The number of anilines is 1. The van der Waals surface area contributed by atoms with Crippen molar-refractivity contribution < 1.29 is 14.1 Å². The van der Waals surface area contributed by atoms with Crippen molar-refractivity contribution in [2.45, 2.75) is 27.1 Å². The standard InChI is InChI=1S/C16H22BNO3/c1-12-5-7-14(8-6-12)18-15(19)13(2)9-17-20-10-16(3,4)11-21-17/h5-8H,2,9-11H2,1,3-4H3,(H,18,19). The number of hydrogen-bond acceptors (Lipinski definition) is 3. The molecular weight excluding hydrogens is 265 g/mol. The van der Waals surface area contributed by atoms with E-state index in [9.17, 15) is 4.79 Å². The highest BCUT2D eigenvalue weighted by Gasteiger charge is 2.33. The molecule has 1 aliphatic rings. The van der Waals surface area contributed by atoms with Gasteiger partial charge in [-0.15, -0.1) is 0 Å². The van der Waals surface area contributed by atoms with Crippen molar-refractivity contribution in [3.05, 3.63) is 42.0 Å². The van der Waals surface area contributed by atoms with Gasteiger partial charge in [-0.3, -0.25) is 4.79 Å². The molecule has 1 saturated heterocycles. The van der Waals surface area contributed by atoms with E-state index >= 15 is 0 Å². The minimum Gasteiger partial charge on any atom is -0.410 e. The van der Waals surface area contributed by atoms with Crippen LogP contribution in [-0.4, -0.2) is 26.2 Å². The third-order valence-corrected chi connectivity index (χ3v) is 3.36. The summed E-state index contributed by atoms with van der Waals surface area (Å²) in [6.07, 6.45) is 0.383. The molecule has 1 heterocycles. The normalized spacial score (nSPS) is 17.4. The molecule has 112 valence electrons. The third kappa shape index (κ3) is 4.72. The average molecular weight is 287 g/mol. The molecule has 1 amide bonds. The zero-order chi connectivity index (χ0) is 15.5. The van der Waals surface area contributed by atoms with Gasteiger partial charge in [0.25, 0.3) is 0 Å². The van der Waals surface area contributed by atoms with E-state index in [1.54, 1.807) is 0 Å². The Morgan fingerprint density at radius 1 is 1.29 bits per heavy atom. The lowest BCUT2D eigenvalue weighted by molar-refractivity contribution is -0.112. The van der Waals surface area contributed by atoms with Crippen molar-refractivity contribution in [1.29, 1.82) is 0 Å². The molecule has 4 nitrogen and oxygen atoms in total. The van der Waals surface area contributed by atoms with Crippen LogP contribution in [0.5, 0.6) is 0 Å². The molecule has 1 N–H and O–H groups in total. The topological polar surface area (TPSA) is 47.6 Å². The minimum atomic E-state index is -0.380. The van der Waals surface area contributed by atoms with Crippen LogP contribution < -0.4 is 5.32 Å². The van der Waals surface area contributed by atoms with Gasteiger partial charge in [-0.1, -0.05) is 38.1 Å². The van der Waals surface area contributed by atoms with E-state index in [0.29, 0.717) is 25.1 Å². The number of aryl methyl sites for hydroxylation is 1. The predicted octanol–water partition coefficient (Wildman–Crippen LogP) is 3.05. The maximum atomic E-state index is 12.1. The summed E-state index contributed by atoms with van der Waals surface area (Å²) in [7, 11) is -0.380. The number of hydrogen-bond donors (Lipinski definition) is 1. The molecular formula is C16H22BNO3. The summed E-state index contributed by atoms with van der Waals surface area (Å²) in [4.78, 5) is 12.1. The lowest BCUT2D eigenvalue weighted by Crippen LogP contribution is -2.41. The number of carbonyl (C=O) groups excluding carboxylic acids is 1. The Balaban J connectivity index is 1.83. The first-order valence-corrected chi connectivity index (χ1v) is 7.15. The molecule has 1 fully saturated rings. The number of carbonyl (C=O) groups is 1. The van der Waals surface area contributed by atoms with E-state index in [-0.39, 0.29) is 18.4 Å². The highest BCUT2D eigenvalue weighted by Crippen LogP contribution is 2.24. The van der Waals surface area contributed by atoms with Crippen molar-refractivity contribution in [3.8, 4) is 0 Å².